The van der Waals surface area contributed by atoms with Gasteiger partial charge in [0.1, 0.15) is 5.75 Å². The number of hydrogen-bond donors (Lipinski definition) is 1. The van der Waals surface area contributed by atoms with Crippen molar-refractivity contribution in [3.05, 3.63) is 23.8 Å². The molecule has 0 saturated carbocycles. The Bertz CT molecular complexity index is 326. The summed E-state index contributed by atoms with van der Waals surface area (Å²) in [4.78, 5) is 0. The number of methoxy groups -OCH3 is 1. The van der Waals surface area contributed by atoms with Crippen LogP contribution < -0.4 is 10.1 Å². The molecular weight excluding hydrogens is 214 g/mol. The first-order chi connectivity index (χ1) is 8.27. The van der Waals surface area contributed by atoms with E-state index < -0.39 is 0 Å². The fourth-order valence-corrected chi connectivity index (χ4v) is 1.56. The standard InChI is InChI=1S/C14H23NO2/c1-4-9-17-14-7-6-12(2)11-13(14)15-8-5-10-16-3/h6-7,11,15H,4-5,8-10H2,1-3H3. The van der Waals surface area contributed by atoms with Gasteiger partial charge in [-0.1, -0.05) is 13.0 Å². The molecule has 1 rings (SSSR count). The third-order valence-electron chi connectivity index (χ3n) is 2.44. The molecule has 0 aromatic heterocycles. The molecular formula is C14H23NO2. The lowest BCUT2D eigenvalue weighted by Crippen LogP contribution is -2.07. The van der Waals surface area contributed by atoms with Crippen molar-refractivity contribution in [1.82, 2.24) is 0 Å². The molecule has 0 aliphatic carbocycles. The van der Waals surface area contributed by atoms with E-state index in [0.29, 0.717) is 0 Å². The summed E-state index contributed by atoms with van der Waals surface area (Å²) in [6, 6.07) is 6.23. The van der Waals surface area contributed by atoms with Crippen LogP contribution in [0, 0.1) is 6.92 Å². The predicted molar refractivity (Wildman–Crippen MR) is 71.9 cm³/mol. The number of rotatable bonds is 8. The molecule has 1 aromatic carbocycles. The first kappa shape index (κ1) is 13.8. The Balaban J connectivity index is 2.56. The third-order valence-corrected chi connectivity index (χ3v) is 2.44. The van der Waals surface area contributed by atoms with Gasteiger partial charge in [0, 0.05) is 20.3 Å². The summed E-state index contributed by atoms with van der Waals surface area (Å²) < 4.78 is 10.7. The molecule has 0 bridgehead atoms. The fourth-order valence-electron chi connectivity index (χ4n) is 1.56. The van der Waals surface area contributed by atoms with Gasteiger partial charge in [0.15, 0.2) is 0 Å². The van der Waals surface area contributed by atoms with E-state index in [1.807, 2.05) is 6.07 Å². The van der Waals surface area contributed by atoms with Crippen LogP contribution in [0.25, 0.3) is 0 Å². The lowest BCUT2D eigenvalue weighted by Gasteiger charge is -2.13. The SMILES string of the molecule is CCCOc1ccc(C)cc1NCCCOC. The van der Waals surface area contributed by atoms with Gasteiger partial charge in [-0.15, -0.1) is 0 Å². The maximum absolute atomic E-state index is 5.70. The Labute approximate surface area is 104 Å². The van der Waals surface area contributed by atoms with Crippen LogP contribution in [-0.4, -0.2) is 26.9 Å². The molecule has 0 unspecified atom stereocenters. The van der Waals surface area contributed by atoms with E-state index in [0.717, 1.165) is 44.0 Å². The number of hydrogen-bond acceptors (Lipinski definition) is 3. The van der Waals surface area contributed by atoms with E-state index in [2.05, 4.69) is 31.3 Å². The molecule has 0 saturated heterocycles. The molecule has 17 heavy (non-hydrogen) atoms. The molecule has 0 radical (unpaired) electrons. The zero-order chi connectivity index (χ0) is 12.5. The summed E-state index contributed by atoms with van der Waals surface area (Å²) in [6.07, 6.45) is 2.02. The number of aryl methyl sites for hydroxylation is 1. The highest BCUT2D eigenvalue weighted by molar-refractivity contribution is 5.57. The van der Waals surface area contributed by atoms with Gasteiger partial charge in [0.05, 0.1) is 12.3 Å². The van der Waals surface area contributed by atoms with Crippen LogP contribution in [0.3, 0.4) is 0 Å². The molecule has 0 fully saturated rings. The topological polar surface area (TPSA) is 30.5 Å². The number of ether oxygens (including phenoxy) is 2. The average Bonchev–Trinajstić information content (AvgIpc) is 2.33. The second-order valence-electron chi connectivity index (χ2n) is 4.12. The minimum Gasteiger partial charge on any atom is -0.491 e. The van der Waals surface area contributed by atoms with E-state index in [9.17, 15) is 0 Å². The normalized spacial score (nSPS) is 10.3. The van der Waals surface area contributed by atoms with Crippen molar-refractivity contribution in [2.45, 2.75) is 26.7 Å². The zero-order valence-electron chi connectivity index (χ0n) is 11.1. The highest BCUT2D eigenvalue weighted by atomic mass is 16.5. The summed E-state index contributed by atoms with van der Waals surface area (Å²) in [5.41, 5.74) is 2.32. The lowest BCUT2D eigenvalue weighted by molar-refractivity contribution is 0.197. The van der Waals surface area contributed by atoms with E-state index in [4.69, 9.17) is 9.47 Å². The minimum atomic E-state index is 0.760. The van der Waals surface area contributed by atoms with Gasteiger partial charge in [0.2, 0.25) is 0 Å². The first-order valence-corrected chi connectivity index (χ1v) is 6.24. The quantitative estimate of drug-likeness (QED) is 0.704. The van der Waals surface area contributed by atoms with E-state index in [1.165, 1.54) is 5.56 Å². The summed E-state index contributed by atoms with van der Waals surface area (Å²) >= 11 is 0. The monoisotopic (exact) mass is 237 g/mol. The number of nitrogens with one attached hydrogen (secondary N) is 1. The molecule has 0 aliphatic rings. The Morgan fingerprint density at radius 2 is 2.06 bits per heavy atom. The molecule has 0 atom stereocenters. The lowest BCUT2D eigenvalue weighted by atomic mass is 10.2. The Hall–Kier alpha value is -1.22. The zero-order valence-corrected chi connectivity index (χ0v) is 11.1. The number of benzene rings is 1. The van der Waals surface area contributed by atoms with Crippen LogP contribution in [0.15, 0.2) is 18.2 Å². The van der Waals surface area contributed by atoms with Crippen LogP contribution >= 0.6 is 0 Å². The van der Waals surface area contributed by atoms with Crippen LogP contribution in [0.5, 0.6) is 5.75 Å². The molecule has 0 spiro atoms. The Morgan fingerprint density at radius 1 is 1.24 bits per heavy atom. The van der Waals surface area contributed by atoms with Crippen LogP contribution in [0.2, 0.25) is 0 Å². The average molecular weight is 237 g/mol. The van der Waals surface area contributed by atoms with Crippen molar-refractivity contribution >= 4 is 5.69 Å². The van der Waals surface area contributed by atoms with Gasteiger partial charge in [-0.3, -0.25) is 0 Å². The molecule has 96 valence electrons. The smallest absolute Gasteiger partial charge is 0.142 e. The van der Waals surface area contributed by atoms with E-state index >= 15 is 0 Å². The van der Waals surface area contributed by atoms with Crippen molar-refractivity contribution in [3.63, 3.8) is 0 Å². The molecule has 3 heteroatoms. The van der Waals surface area contributed by atoms with E-state index in [1.54, 1.807) is 7.11 Å². The van der Waals surface area contributed by atoms with Crippen molar-refractivity contribution < 1.29 is 9.47 Å². The van der Waals surface area contributed by atoms with Gasteiger partial charge >= 0.3 is 0 Å². The molecule has 0 heterocycles. The number of anilines is 1. The van der Waals surface area contributed by atoms with Gasteiger partial charge < -0.3 is 14.8 Å². The largest absolute Gasteiger partial charge is 0.491 e. The highest BCUT2D eigenvalue weighted by Crippen LogP contribution is 2.25. The minimum absolute atomic E-state index is 0.760. The molecule has 1 N–H and O–H groups in total. The molecule has 0 amide bonds. The Morgan fingerprint density at radius 3 is 2.76 bits per heavy atom. The first-order valence-electron chi connectivity index (χ1n) is 6.24. The van der Waals surface area contributed by atoms with Crippen LogP contribution in [0.1, 0.15) is 25.3 Å². The summed E-state index contributed by atoms with van der Waals surface area (Å²) in [6.45, 7) is 6.64. The summed E-state index contributed by atoms with van der Waals surface area (Å²) in [5, 5.41) is 3.39. The highest BCUT2D eigenvalue weighted by Gasteiger charge is 2.03. The molecule has 3 nitrogen and oxygen atoms in total. The van der Waals surface area contributed by atoms with Crippen molar-refractivity contribution in [1.29, 1.82) is 0 Å². The molecule has 0 aliphatic heterocycles. The molecule has 1 aromatic rings. The van der Waals surface area contributed by atoms with Crippen molar-refractivity contribution in [2.24, 2.45) is 0 Å². The maximum atomic E-state index is 5.70. The van der Waals surface area contributed by atoms with Crippen molar-refractivity contribution in [3.8, 4) is 5.75 Å². The second kappa shape index (κ2) is 7.96. The summed E-state index contributed by atoms with van der Waals surface area (Å²) in [5.74, 6) is 0.940. The fraction of sp³-hybridized carbons (Fsp3) is 0.571. The van der Waals surface area contributed by atoms with E-state index in [-0.39, 0.29) is 0 Å². The van der Waals surface area contributed by atoms with Crippen LogP contribution in [-0.2, 0) is 4.74 Å². The van der Waals surface area contributed by atoms with Gasteiger partial charge in [0.25, 0.3) is 0 Å². The van der Waals surface area contributed by atoms with Gasteiger partial charge in [-0.25, -0.2) is 0 Å². The van der Waals surface area contributed by atoms with Crippen LogP contribution in [0.4, 0.5) is 5.69 Å². The maximum Gasteiger partial charge on any atom is 0.142 e. The van der Waals surface area contributed by atoms with Crippen molar-refractivity contribution in [2.75, 3.05) is 32.2 Å². The second-order valence-corrected chi connectivity index (χ2v) is 4.12. The van der Waals surface area contributed by atoms with Gasteiger partial charge in [-0.05, 0) is 37.5 Å². The summed E-state index contributed by atoms with van der Waals surface area (Å²) in [7, 11) is 1.72. The predicted octanol–water partition coefficient (Wildman–Crippen LogP) is 3.23. The Kier molecular flexibility index (Phi) is 6.48. The third kappa shape index (κ3) is 5.09. The van der Waals surface area contributed by atoms with Gasteiger partial charge in [-0.2, -0.15) is 0 Å².